The Morgan fingerprint density at radius 3 is 1.88 bits per heavy atom. The minimum absolute atomic E-state index is 0.329. The Labute approximate surface area is 96.9 Å². The van der Waals surface area contributed by atoms with Crippen LogP contribution in [0.1, 0.15) is 12.5 Å². The van der Waals surface area contributed by atoms with Gasteiger partial charge in [0.05, 0.1) is 24.3 Å². The third kappa shape index (κ3) is 3.61. The molecule has 0 aromatic heterocycles. The molecule has 3 N–H and O–H groups in total. The van der Waals surface area contributed by atoms with Crippen LogP contribution in [0.4, 0.5) is 18.9 Å². The second-order valence-electron chi connectivity index (χ2n) is 4.08. The summed E-state index contributed by atoms with van der Waals surface area (Å²) >= 11 is 0. The quantitative estimate of drug-likeness (QED) is 0.763. The fourth-order valence-corrected chi connectivity index (χ4v) is 1.22. The minimum atomic E-state index is -4.37. The predicted octanol–water partition coefficient (Wildman–Crippen LogP) is 1.86. The lowest BCUT2D eigenvalue weighted by atomic mass is 10.0. The summed E-state index contributed by atoms with van der Waals surface area (Å²) in [5, 5.41) is 20.8. The van der Waals surface area contributed by atoms with Gasteiger partial charge in [0.25, 0.3) is 0 Å². The van der Waals surface area contributed by atoms with Crippen molar-refractivity contribution in [3.63, 3.8) is 0 Å². The van der Waals surface area contributed by atoms with E-state index in [-0.39, 0.29) is 13.2 Å². The minimum Gasteiger partial charge on any atom is -0.394 e. The van der Waals surface area contributed by atoms with Crippen LogP contribution in [0.5, 0.6) is 0 Å². The Balaban J connectivity index is 2.82. The molecule has 0 fully saturated rings. The van der Waals surface area contributed by atoms with E-state index < -0.39 is 17.3 Å². The van der Waals surface area contributed by atoms with E-state index in [1.807, 2.05) is 0 Å². The van der Waals surface area contributed by atoms with E-state index >= 15 is 0 Å². The third-order valence-electron chi connectivity index (χ3n) is 2.36. The Morgan fingerprint density at radius 2 is 1.53 bits per heavy atom. The number of hydrogen-bond acceptors (Lipinski definition) is 3. The van der Waals surface area contributed by atoms with Crippen LogP contribution < -0.4 is 5.32 Å². The van der Waals surface area contributed by atoms with Gasteiger partial charge in [-0.15, -0.1) is 0 Å². The molecule has 0 radical (unpaired) electrons. The molecule has 0 saturated carbocycles. The molecule has 0 saturated heterocycles. The maximum Gasteiger partial charge on any atom is 0.416 e. The van der Waals surface area contributed by atoms with Gasteiger partial charge in [0.2, 0.25) is 0 Å². The molecule has 0 unspecified atom stereocenters. The maximum absolute atomic E-state index is 12.3. The number of halogens is 3. The Kier molecular flexibility index (Phi) is 4.00. The van der Waals surface area contributed by atoms with Crippen LogP contribution in [0.15, 0.2) is 24.3 Å². The number of aliphatic hydroxyl groups excluding tert-OH is 2. The lowest BCUT2D eigenvalue weighted by molar-refractivity contribution is -0.137. The normalized spacial score (nSPS) is 12.6. The topological polar surface area (TPSA) is 52.5 Å². The van der Waals surface area contributed by atoms with E-state index in [9.17, 15) is 13.2 Å². The summed E-state index contributed by atoms with van der Waals surface area (Å²) in [5.41, 5.74) is -1.29. The number of benzene rings is 1. The van der Waals surface area contributed by atoms with Crippen LogP contribution >= 0.6 is 0 Å². The second-order valence-corrected chi connectivity index (χ2v) is 4.08. The lowest BCUT2D eigenvalue weighted by Gasteiger charge is -2.27. The van der Waals surface area contributed by atoms with Gasteiger partial charge >= 0.3 is 6.18 Å². The highest BCUT2D eigenvalue weighted by molar-refractivity contribution is 5.47. The van der Waals surface area contributed by atoms with Crippen molar-refractivity contribution in [1.82, 2.24) is 0 Å². The number of nitrogens with one attached hydrogen (secondary N) is 1. The van der Waals surface area contributed by atoms with E-state index in [4.69, 9.17) is 10.2 Å². The van der Waals surface area contributed by atoms with Gasteiger partial charge in [-0.3, -0.25) is 0 Å². The van der Waals surface area contributed by atoms with Crippen molar-refractivity contribution in [1.29, 1.82) is 0 Å². The highest BCUT2D eigenvalue weighted by atomic mass is 19.4. The molecule has 0 bridgehead atoms. The van der Waals surface area contributed by atoms with Crippen molar-refractivity contribution in [3.05, 3.63) is 29.8 Å². The standard InChI is InChI=1S/C11H14F3NO2/c1-10(6-16,7-17)15-9-4-2-8(3-5-9)11(12,13)14/h2-5,15-17H,6-7H2,1H3. The number of rotatable bonds is 4. The smallest absolute Gasteiger partial charge is 0.394 e. The molecule has 0 heterocycles. The molecule has 6 heteroatoms. The van der Waals surface area contributed by atoms with Crippen molar-refractivity contribution in [2.24, 2.45) is 0 Å². The van der Waals surface area contributed by atoms with Gasteiger partial charge in [-0.25, -0.2) is 0 Å². The van der Waals surface area contributed by atoms with Crippen LogP contribution in [0, 0.1) is 0 Å². The molecule has 0 aliphatic carbocycles. The van der Waals surface area contributed by atoms with E-state index in [2.05, 4.69) is 5.32 Å². The van der Waals surface area contributed by atoms with Gasteiger partial charge in [-0.1, -0.05) is 0 Å². The summed E-state index contributed by atoms with van der Waals surface area (Å²) in [4.78, 5) is 0. The first-order valence-electron chi connectivity index (χ1n) is 4.98. The first-order valence-corrected chi connectivity index (χ1v) is 4.98. The van der Waals surface area contributed by atoms with E-state index in [1.165, 1.54) is 12.1 Å². The fourth-order valence-electron chi connectivity index (χ4n) is 1.22. The predicted molar refractivity (Wildman–Crippen MR) is 57.6 cm³/mol. The molecular formula is C11H14F3NO2. The molecule has 3 nitrogen and oxygen atoms in total. The van der Waals surface area contributed by atoms with Crippen molar-refractivity contribution in [2.45, 2.75) is 18.6 Å². The van der Waals surface area contributed by atoms with E-state index in [1.54, 1.807) is 6.92 Å². The molecule has 0 spiro atoms. The van der Waals surface area contributed by atoms with Crippen LogP contribution in [0.25, 0.3) is 0 Å². The molecular weight excluding hydrogens is 235 g/mol. The van der Waals surface area contributed by atoms with Gasteiger partial charge in [0.1, 0.15) is 0 Å². The molecule has 17 heavy (non-hydrogen) atoms. The summed E-state index contributed by atoms with van der Waals surface area (Å²) in [5.74, 6) is 0. The zero-order valence-electron chi connectivity index (χ0n) is 9.25. The molecule has 0 atom stereocenters. The van der Waals surface area contributed by atoms with Gasteiger partial charge < -0.3 is 15.5 Å². The summed E-state index contributed by atoms with van der Waals surface area (Å²) in [6.45, 7) is 0.902. The molecule has 1 aromatic carbocycles. The molecule has 0 amide bonds. The van der Waals surface area contributed by atoms with Crippen molar-refractivity contribution >= 4 is 5.69 Å². The highest BCUT2D eigenvalue weighted by Crippen LogP contribution is 2.30. The Bertz CT molecular complexity index is 358. The Morgan fingerprint density at radius 1 is 1.06 bits per heavy atom. The molecule has 0 aliphatic rings. The van der Waals surface area contributed by atoms with Gasteiger partial charge in [-0.05, 0) is 31.2 Å². The zero-order valence-corrected chi connectivity index (χ0v) is 9.25. The zero-order chi connectivity index (χ0) is 13.1. The first-order chi connectivity index (χ1) is 7.80. The molecule has 1 aromatic rings. The van der Waals surface area contributed by atoms with Crippen molar-refractivity contribution in [3.8, 4) is 0 Å². The number of aliphatic hydroxyl groups is 2. The second kappa shape index (κ2) is 4.93. The van der Waals surface area contributed by atoms with Crippen LogP contribution in [-0.2, 0) is 6.18 Å². The van der Waals surface area contributed by atoms with Gasteiger partial charge in [-0.2, -0.15) is 13.2 Å². The number of hydrogen-bond donors (Lipinski definition) is 3. The SMILES string of the molecule is CC(CO)(CO)Nc1ccc(C(F)(F)F)cc1. The third-order valence-corrected chi connectivity index (χ3v) is 2.36. The average molecular weight is 249 g/mol. The van der Waals surface area contributed by atoms with Gasteiger partial charge in [0.15, 0.2) is 0 Å². The van der Waals surface area contributed by atoms with Gasteiger partial charge in [0, 0.05) is 5.69 Å². The first kappa shape index (κ1) is 13.8. The van der Waals surface area contributed by atoms with Crippen LogP contribution in [-0.4, -0.2) is 29.0 Å². The molecule has 96 valence electrons. The molecule has 0 aliphatic heterocycles. The summed E-state index contributed by atoms with van der Waals surface area (Å²) < 4.78 is 36.9. The summed E-state index contributed by atoms with van der Waals surface area (Å²) in [6.07, 6.45) is -4.37. The fraction of sp³-hybridized carbons (Fsp3) is 0.455. The van der Waals surface area contributed by atoms with Crippen molar-refractivity contribution in [2.75, 3.05) is 18.5 Å². The monoisotopic (exact) mass is 249 g/mol. The lowest BCUT2D eigenvalue weighted by Crippen LogP contribution is -2.42. The van der Waals surface area contributed by atoms with Crippen LogP contribution in [0.3, 0.4) is 0 Å². The number of anilines is 1. The van der Waals surface area contributed by atoms with Crippen molar-refractivity contribution < 1.29 is 23.4 Å². The Hall–Kier alpha value is -1.27. The maximum atomic E-state index is 12.3. The average Bonchev–Trinajstić information content (AvgIpc) is 2.28. The molecule has 1 rings (SSSR count). The highest BCUT2D eigenvalue weighted by Gasteiger charge is 2.30. The van der Waals surface area contributed by atoms with Crippen LogP contribution in [0.2, 0.25) is 0 Å². The van der Waals surface area contributed by atoms with E-state index in [0.717, 1.165) is 12.1 Å². The van der Waals surface area contributed by atoms with E-state index in [0.29, 0.717) is 5.69 Å². The number of alkyl halides is 3. The largest absolute Gasteiger partial charge is 0.416 e. The summed E-state index contributed by atoms with van der Waals surface area (Å²) in [7, 11) is 0. The summed E-state index contributed by atoms with van der Waals surface area (Å²) in [6, 6.07) is 4.40.